The minimum Gasteiger partial charge on any atom is -0.319 e. The molecule has 1 unspecified atom stereocenters. The normalized spacial score (nSPS) is 13.2. The molecule has 0 saturated heterocycles. The summed E-state index contributed by atoms with van der Waals surface area (Å²) >= 11 is 12.4. The first-order valence-electron chi connectivity index (χ1n) is 10.5. The summed E-state index contributed by atoms with van der Waals surface area (Å²) in [7, 11) is 3.53. The molecule has 0 aliphatic rings. The summed E-state index contributed by atoms with van der Waals surface area (Å²) < 4.78 is 3.30. The van der Waals surface area contributed by atoms with Gasteiger partial charge in [-0.25, -0.2) is 4.79 Å². The highest BCUT2D eigenvalue weighted by molar-refractivity contribution is 6.31. The first-order valence-corrected chi connectivity index (χ1v) is 11.2. The lowest BCUT2D eigenvalue weighted by atomic mass is 9.82. The first-order chi connectivity index (χ1) is 16.3. The number of benzene rings is 3. The molecular formula is C25H20Cl2N6O. The van der Waals surface area contributed by atoms with E-state index in [0.29, 0.717) is 21.6 Å². The number of aryl methyl sites for hydroxylation is 2. The molecule has 2 heterocycles. The summed E-state index contributed by atoms with van der Waals surface area (Å²) in [6, 6.07) is 20.3. The second-order valence-electron chi connectivity index (χ2n) is 8.12. The van der Waals surface area contributed by atoms with Gasteiger partial charge in [0.25, 0.3) is 0 Å². The van der Waals surface area contributed by atoms with Crippen molar-refractivity contribution in [2.45, 2.75) is 5.54 Å². The van der Waals surface area contributed by atoms with E-state index in [1.54, 1.807) is 42.2 Å². The van der Waals surface area contributed by atoms with Crippen LogP contribution in [0.5, 0.6) is 0 Å². The van der Waals surface area contributed by atoms with Gasteiger partial charge in [0.2, 0.25) is 0 Å². The zero-order valence-corrected chi connectivity index (χ0v) is 19.9. The van der Waals surface area contributed by atoms with Crippen LogP contribution in [-0.4, -0.2) is 24.3 Å². The number of halogens is 2. The van der Waals surface area contributed by atoms with E-state index in [1.165, 1.54) is 4.57 Å². The number of fused-ring (bicyclic) bond motifs is 1. The number of nitrogens with two attached hydrogens (primary N) is 1. The van der Waals surface area contributed by atoms with Crippen LogP contribution in [0.15, 0.2) is 77.9 Å². The van der Waals surface area contributed by atoms with Crippen molar-refractivity contribution in [3.05, 3.63) is 111 Å². The molecule has 0 saturated carbocycles. The third kappa shape index (κ3) is 3.58. The Labute approximate surface area is 205 Å². The highest BCUT2D eigenvalue weighted by atomic mass is 35.5. The van der Waals surface area contributed by atoms with E-state index in [9.17, 15) is 4.79 Å². The number of aromatic nitrogens is 5. The van der Waals surface area contributed by atoms with E-state index < -0.39 is 5.54 Å². The molecule has 0 radical (unpaired) electrons. The lowest BCUT2D eigenvalue weighted by Gasteiger charge is -2.30. The van der Waals surface area contributed by atoms with Crippen molar-refractivity contribution in [3.8, 4) is 11.3 Å². The lowest BCUT2D eigenvalue weighted by Crippen LogP contribution is -2.41. The van der Waals surface area contributed by atoms with Crippen LogP contribution < -0.4 is 11.4 Å². The monoisotopic (exact) mass is 490 g/mol. The summed E-state index contributed by atoms with van der Waals surface area (Å²) in [6.45, 7) is 0. The highest BCUT2D eigenvalue weighted by Gasteiger charge is 2.37. The smallest absolute Gasteiger partial charge is 0.319 e. The van der Waals surface area contributed by atoms with Crippen molar-refractivity contribution in [2.75, 3.05) is 0 Å². The Balaban J connectivity index is 1.84. The average Bonchev–Trinajstić information content (AvgIpc) is 3.27. The van der Waals surface area contributed by atoms with Gasteiger partial charge < -0.3 is 10.3 Å². The average molecular weight is 491 g/mol. The van der Waals surface area contributed by atoms with Gasteiger partial charge in [-0.15, -0.1) is 10.2 Å². The van der Waals surface area contributed by atoms with E-state index in [2.05, 4.69) is 15.2 Å². The van der Waals surface area contributed by atoms with Gasteiger partial charge in [0.15, 0.2) is 5.82 Å². The van der Waals surface area contributed by atoms with Crippen LogP contribution in [0, 0.1) is 0 Å². The number of nitrogens with zero attached hydrogens (tertiary/aromatic N) is 5. The van der Waals surface area contributed by atoms with E-state index in [1.807, 2.05) is 49.5 Å². The number of rotatable bonds is 4. The molecule has 0 bridgehead atoms. The van der Waals surface area contributed by atoms with Gasteiger partial charge >= 0.3 is 5.69 Å². The van der Waals surface area contributed by atoms with Crippen molar-refractivity contribution in [3.63, 3.8) is 0 Å². The van der Waals surface area contributed by atoms with E-state index in [0.717, 1.165) is 27.6 Å². The Morgan fingerprint density at radius 2 is 1.65 bits per heavy atom. The standard InChI is InChI=1S/C25H20Cl2N6O/c1-32-14-29-31-23(32)25(28,16-6-9-18(26)10-7-16)17-8-11-21-20(13-17)22(30-24(34)33(21)2)15-4-3-5-19(27)12-15/h3-14H,28H2,1-2H3. The maximum absolute atomic E-state index is 12.6. The van der Waals surface area contributed by atoms with Crippen molar-refractivity contribution in [1.82, 2.24) is 24.3 Å². The molecular weight excluding hydrogens is 471 g/mol. The Bertz CT molecular complexity index is 1590. The molecule has 5 rings (SSSR count). The van der Waals surface area contributed by atoms with Crippen LogP contribution >= 0.6 is 23.2 Å². The first kappa shape index (κ1) is 22.3. The second kappa shape index (κ2) is 8.36. The molecule has 0 aliphatic carbocycles. The zero-order valence-electron chi connectivity index (χ0n) is 18.4. The van der Waals surface area contributed by atoms with Gasteiger partial charge in [-0.1, -0.05) is 53.5 Å². The predicted octanol–water partition coefficient (Wildman–Crippen LogP) is 4.29. The Kier molecular flexibility index (Phi) is 5.48. The molecule has 170 valence electrons. The SMILES string of the molecule is Cn1cnnc1C(N)(c1ccc(Cl)cc1)c1ccc2c(c1)c(-c1cccc(Cl)c1)nc(=O)n2C. The van der Waals surface area contributed by atoms with Gasteiger partial charge in [0, 0.05) is 35.1 Å². The molecule has 9 heteroatoms. The maximum Gasteiger partial charge on any atom is 0.348 e. The Hall–Kier alpha value is -3.52. The largest absolute Gasteiger partial charge is 0.348 e. The molecule has 7 nitrogen and oxygen atoms in total. The Morgan fingerprint density at radius 3 is 2.32 bits per heavy atom. The van der Waals surface area contributed by atoms with Gasteiger partial charge in [-0.3, -0.25) is 4.57 Å². The van der Waals surface area contributed by atoms with Crippen molar-refractivity contribution < 1.29 is 0 Å². The van der Waals surface area contributed by atoms with Crippen molar-refractivity contribution in [2.24, 2.45) is 19.8 Å². The van der Waals surface area contributed by atoms with E-state index in [4.69, 9.17) is 28.9 Å². The van der Waals surface area contributed by atoms with E-state index >= 15 is 0 Å². The maximum atomic E-state index is 12.6. The highest BCUT2D eigenvalue weighted by Crippen LogP contribution is 2.36. The summed E-state index contributed by atoms with van der Waals surface area (Å²) in [6.07, 6.45) is 1.61. The van der Waals surface area contributed by atoms with Gasteiger partial charge in [-0.05, 0) is 47.5 Å². The van der Waals surface area contributed by atoms with E-state index in [-0.39, 0.29) is 5.69 Å². The summed E-state index contributed by atoms with van der Waals surface area (Å²) in [5, 5.41) is 10.3. The van der Waals surface area contributed by atoms with Crippen molar-refractivity contribution in [1.29, 1.82) is 0 Å². The molecule has 0 amide bonds. The molecule has 5 aromatic rings. The van der Waals surface area contributed by atoms with Crippen molar-refractivity contribution >= 4 is 34.1 Å². The van der Waals surface area contributed by atoms with Crippen LogP contribution in [0.2, 0.25) is 10.0 Å². The summed E-state index contributed by atoms with van der Waals surface area (Å²) in [4.78, 5) is 17.0. The molecule has 34 heavy (non-hydrogen) atoms. The van der Waals surface area contributed by atoms with Crippen LogP contribution in [0.3, 0.4) is 0 Å². The fourth-order valence-corrected chi connectivity index (χ4v) is 4.55. The number of hydrogen-bond acceptors (Lipinski definition) is 5. The third-order valence-electron chi connectivity index (χ3n) is 6.02. The topological polar surface area (TPSA) is 91.6 Å². The minimum absolute atomic E-state index is 0.361. The summed E-state index contributed by atoms with van der Waals surface area (Å²) in [5.41, 5.74) is 9.16. The molecule has 2 N–H and O–H groups in total. The van der Waals surface area contributed by atoms with Gasteiger partial charge in [0.1, 0.15) is 11.9 Å². The molecule has 0 fully saturated rings. The van der Waals surface area contributed by atoms with Crippen LogP contribution in [0.25, 0.3) is 22.2 Å². The quantitative estimate of drug-likeness (QED) is 0.405. The van der Waals surface area contributed by atoms with Crippen LogP contribution in [-0.2, 0) is 19.6 Å². The molecule has 0 spiro atoms. The van der Waals surface area contributed by atoms with Gasteiger partial charge in [0.05, 0.1) is 11.2 Å². The molecule has 1 atom stereocenters. The number of hydrogen-bond donors (Lipinski definition) is 1. The Morgan fingerprint density at radius 1 is 0.912 bits per heavy atom. The van der Waals surface area contributed by atoms with Crippen LogP contribution in [0.1, 0.15) is 17.0 Å². The predicted molar refractivity (Wildman–Crippen MR) is 134 cm³/mol. The minimum atomic E-state index is -1.15. The second-order valence-corrected chi connectivity index (χ2v) is 9.00. The van der Waals surface area contributed by atoms with Gasteiger partial charge in [-0.2, -0.15) is 4.98 Å². The van der Waals surface area contributed by atoms with Crippen LogP contribution in [0.4, 0.5) is 0 Å². The third-order valence-corrected chi connectivity index (χ3v) is 6.51. The lowest BCUT2D eigenvalue weighted by molar-refractivity contribution is 0.571. The molecule has 2 aromatic heterocycles. The summed E-state index contributed by atoms with van der Waals surface area (Å²) in [5.74, 6) is 0.552. The molecule has 3 aromatic carbocycles. The fourth-order valence-electron chi connectivity index (χ4n) is 4.23. The molecule has 0 aliphatic heterocycles. The fraction of sp³-hybridized carbons (Fsp3) is 0.120. The zero-order chi connectivity index (χ0) is 24.0.